The summed E-state index contributed by atoms with van der Waals surface area (Å²) in [6, 6.07) is 13.6. The third-order valence-electron chi connectivity index (χ3n) is 3.26. The maximum atomic E-state index is 12.2. The van der Waals surface area contributed by atoms with Crippen LogP contribution in [0.25, 0.3) is 0 Å². The minimum Gasteiger partial charge on any atom is -0.497 e. The van der Waals surface area contributed by atoms with Crippen LogP contribution in [0.1, 0.15) is 23.7 Å². The van der Waals surface area contributed by atoms with E-state index in [4.69, 9.17) is 9.84 Å². The summed E-state index contributed by atoms with van der Waals surface area (Å²) >= 11 is 0. The Kier molecular flexibility index (Phi) is 5.92. The molecule has 6 nitrogen and oxygen atoms in total. The molecule has 126 valence electrons. The Hall–Kier alpha value is -2.86. The summed E-state index contributed by atoms with van der Waals surface area (Å²) in [5.41, 5.74) is 1.70. The highest BCUT2D eigenvalue weighted by Gasteiger charge is 2.09. The molecule has 0 radical (unpaired) electrons. The van der Waals surface area contributed by atoms with E-state index in [2.05, 4.69) is 10.6 Å². The summed E-state index contributed by atoms with van der Waals surface area (Å²) in [5.74, 6) is 0.188. The number of rotatable bonds is 6. The molecule has 2 amide bonds. The van der Waals surface area contributed by atoms with Crippen LogP contribution in [0.3, 0.4) is 0 Å². The van der Waals surface area contributed by atoms with Crippen LogP contribution in [0.5, 0.6) is 5.75 Å². The number of nitrogens with one attached hydrogen (secondary N) is 2. The molecule has 0 saturated heterocycles. The fraction of sp³-hybridized carbons (Fsp3) is 0.222. The summed E-state index contributed by atoms with van der Waals surface area (Å²) < 4.78 is 5.06. The van der Waals surface area contributed by atoms with Crippen molar-refractivity contribution in [2.45, 2.75) is 19.4 Å². The van der Waals surface area contributed by atoms with Gasteiger partial charge in [0.2, 0.25) is 5.91 Å². The zero-order chi connectivity index (χ0) is 17.5. The summed E-state index contributed by atoms with van der Waals surface area (Å²) in [4.78, 5) is 23.8. The topological polar surface area (TPSA) is 87.7 Å². The Morgan fingerprint density at radius 1 is 1.00 bits per heavy atom. The van der Waals surface area contributed by atoms with E-state index in [0.717, 1.165) is 0 Å². The molecule has 0 aliphatic heterocycles. The first-order valence-electron chi connectivity index (χ1n) is 7.51. The third-order valence-corrected chi connectivity index (χ3v) is 3.26. The molecule has 0 aliphatic carbocycles. The second-order valence-corrected chi connectivity index (χ2v) is 5.36. The number of methoxy groups -OCH3 is 1. The smallest absolute Gasteiger partial charge is 0.255 e. The minimum atomic E-state index is -0.695. The number of hydrogen-bond acceptors (Lipinski definition) is 4. The summed E-state index contributed by atoms with van der Waals surface area (Å²) in [6.45, 7) is 1.55. The first kappa shape index (κ1) is 17.5. The predicted molar refractivity (Wildman–Crippen MR) is 92.3 cm³/mol. The highest BCUT2D eigenvalue weighted by Crippen LogP contribution is 2.17. The zero-order valence-corrected chi connectivity index (χ0v) is 13.6. The molecular formula is C18H20N2O4. The van der Waals surface area contributed by atoms with Crippen molar-refractivity contribution in [1.29, 1.82) is 0 Å². The van der Waals surface area contributed by atoms with Crippen LogP contribution < -0.4 is 15.4 Å². The van der Waals surface area contributed by atoms with Crippen molar-refractivity contribution < 1.29 is 19.4 Å². The van der Waals surface area contributed by atoms with Crippen molar-refractivity contribution in [3.8, 4) is 5.75 Å². The van der Waals surface area contributed by atoms with Crippen molar-refractivity contribution in [2.24, 2.45) is 0 Å². The van der Waals surface area contributed by atoms with Crippen molar-refractivity contribution >= 4 is 23.2 Å². The third kappa shape index (κ3) is 5.10. The van der Waals surface area contributed by atoms with Crippen LogP contribution in [-0.4, -0.2) is 30.1 Å². The Morgan fingerprint density at radius 3 is 2.08 bits per heavy atom. The summed E-state index contributed by atoms with van der Waals surface area (Å²) in [7, 11) is 1.58. The molecule has 2 rings (SSSR count). The van der Waals surface area contributed by atoms with Crippen molar-refractivity contribution in [3.63, 3.8) is 0 Å². The van der Waals surface area contributed by atoms with E-state index in [0.29, 0.717) is 22.7 Å². The molecule has 6 heteroatoms. The fourth-order valence-electron chi connectivity index (χ4n) is 2.06. The van der Waals surface area contributed by atoms with Gasteiger partial charge in [-0.2, -0.15) is 0 Å². The van der Waals surface area contributed by atoms with Gasteiger partial charge >= 0.3 is 0 Å². The number of aliphatic hydroxyl groups is 1. The lowest BCUT2D eigenvalue weighted by Gasteiger charge is -2.09. The van der Waals surface area contributed by atoms with Crippen molar-refractivity contribution in [3.05, 3.63) is 54.1 Å². The Balaban J connectivity index is 1.96. The average Bonchev–Trinajstić information content (AvgIpc) is 2.55. The molecular weight excluding hydrogens is 308 g/mol. The monoisotopic (exact) mass is 328 g/mol. The van der Waals surface area contributed by atoms with E-state index in [1.165, 1.54) is 0 Å². The van der Waals surface area contributed by atoms with Gasteiger partial charge in [-0.05, 0) is 55.5 Å². The van der Waals surface area contributed by atoms with E-state index in [1.54, 1.807) is 62.6 Å². The van der Waals surface area contributed by atoms with Gasteiger partial charge in [-0.15, -0.1) is 0 Å². The molecule has 0 aliphatic rings. The molecule has 24 heavy (non-hydrogen) atoms. The molecule has 0 heterocycles. The van der Waals surface area contributed by atoms with Gasteiger partial charge in [0.25, 0.3) is 5.91 Å². The summed E-state index contributed by atoms with van der Waals surface area (Å²) in [6.07, 6.45) is -0.667. The Labute approximate surface area is 140 Å². The van der Waals surface area contributed by atoms with E-state index in [-0.39, 0.29) is 18.2 Å². The van der Waals surface area contributed by atoms with E-state index in [9.17, 15) is 9.59 Å². The van der Waals surface area contributed by atoms with Gasteiger partial charge in [-0.3, -0.25) is 9.59 Å². The predicted octanol–water partition coefficient (Wildman–Crippen LogP) is 2.66. The summed E-state index contributed by atoms with van der Waals surface area (Å²) in [5, 5.41) is 14.6. The average molecular weight is 328 g/mol. The first-order valence-corrected chi connectivity index (χ1v) is 7.51. The Morgan fingerprint density at radius 2 is 1.54 bits per heavy atom. The molecule has 0 bridgehead atoms. The first-order chi connectivity index (χ1) is 11.5. The number of aliphatic hydroxyl groups excluding tert-OH is 1. The highest BCUT2D eigenvalue weighted by molar-refractivity contribution is 6.04. The molecule has 2 aromatic rings. The van der Waals surface area contributed by atoms with Gasteiger partial charge in [-0.1, -0.05) is 0 Å². The van der Waals surface area contributed by atoms with Crippen LogP contribution in [0.2, 0.25) is 0 Å². The van der Waals surface area contributed by atoms with Gasteiger partial charge < -0.3 is 20.5 Å². The SMILES string of the molecule is COc1ccc(NC(=O)c2ccc(NC(=O)CC(C)O)cc2)cc1. The number of carbonyl (C=O) groups excluding carboxylic acids is 2. The van der Waals surface area contributed by atoms with E-state index >= 15 is 0 Å². The molecule has 0 saturated carbocycles. The largest absolute Gasteiger partial charge is 0.497 e. The molecule has 1 unspecified atom stereocenters. The number of hydrogen-bond donors (Lipinski definition) is 3. The number of ether oxygens (including phenoxy) is 1. The molecule has 3 N–H and O–H groups in total. The lowest BCUT2D eigenvalue weighted by atomic mass is 10.1. The number of carbonyl (C=O) groups is 2. The van der Waals surface area contributed by atoms with Gasteiger partial charge in [0.1, 0.15) is 5.75 Å². The number of amides is 2. The normalized spacial score (nSPS) is 11.5. The molecule has 0 aromatic heterocycles. The van der Waals surface area contributed by atoms with Gasteiger partial charge in [0.15, 0.2) is 0 Å². The molecule has 1 atom stereocenters. The fourth-order valence-corrected chi connectivity index (χ4v) is 2.06. The van der Waals surface area contributed by atoms with Gasteiger partial charge in [-0.25, -0.2) is 0 Å². The second-order valence-electron chi connectivity index (χ2n) is 5.36. The van der Waals surface area contributed by atoms with Crippen LogP contribution in [0, 0.1) is 0 Å². The maximum Gasteiger partial charge on any atom is 0.255 e. The molecule has 2 aromatic carbocycles. The van der Waals surface area contributed by atoms with Crippen LogP contribution in [0.4, 0.5) is 11.4 Å². The standard InChI is InChI=1S/C18H20N2O4/c1-12(21)11-17(22)19-14-5-3-13(4-6-14)18(23)20-15-7-9-16(24-2)10-8-15/h3-10,12,21H,11H2,1-2H3,(H,19,22)(H,20,23). The van der Waals surface area contributed by atoms with E-state index < -0.39 is 6.10 Å². The minimum absolute atomic E-state index is 0.0275. The lowest BCUT2D eigenvalue weighted by molar-refractivity contribution is -0.117. The van der Waals surface area contributed by atoms with Gasteiger partial charge in [0.05, 0.1) is 19.6 Å². The maximum absolute atomic E-state index is 12.2. The van der Waals surface area contributed by atoms with Crippen LogP contribution in [0.15, 0.2) is 48.5 Å². The zero-order valence-electron chi connectivity index (χ0n) is 13.6. The number of benzene rings is 2. The quantitative estimate of drug-likeness (QED) is 0.761. The van der Waals surface area contributed by atoms with Crippen molar-refractivity contribution in [2.75, 3.05) is 17.7 Å². The molecule has 0 fully saturated rings. The molecule has 0 spiro atoms. The van der Waals surface area contributed by atoms with Crippen LogP contribution in [-0.2, 0) is 4.79 Å². The van der Waals surface area contributed by atoms with Crippen LogP contribution >= 0.6 is 0 Å². The highest BCUT2D eigenvalue weighted by atomic mass is 16.5. The lowest BCUT2D eigenvalue weighted by Crippen LogP contribution is -2.17. The second kappa shape index (κ2) is 8.12. The van der Waals surface area contributed by atoms with Crippen molar-refractivity contribution in [1.82, 2.24) is 0 Å². The Bertz CT molecular complexity index is 694. The van der Waals surface area contributed by atoms with Gasteiger partial charge in [0, 0.05) is 16.9 Å². The number of anilines is 2. The van der Waals surface area contributed by atoms with E-state index in [1.807, 2.05) is 0 Å².